The fourth-order valence-electron chi connectivity index (χ4n) is 4.05. The predicted octanol–water partition coefficient (Wildman–Crippen LogP) is 6.69. The zero-order chi connectivity index (χ0) is 21.8. The Bertz CT molecular complexity index is 1200. The lowest BCUT2D eigenvalue weighted by molar-refractivity contribution is -0.105. The van der Waals surface area contributed by atoms with E-state index in [4.69, 9.17) is 14.2 Å². The molecule has 1 aliphatic rings. The van der Waals surface area contributed by atoms with Crippen LogP contribution in [0.25, 0.3) is 22.0 Å². The average molecular weight is 426 g/mol. The fraction of sp³-hybridized carbons (Fsp3) is 0.250. The molecule has 5 rings (SSSR count). The number of pyridine rings is 1. The Morgan fingerprint density at radius 2 is 1.78 bits per heavy atom. The van der Waals surface area contributed by atoms with Gasteiger partial charge in [0.1, 0.15) is 18.1 Å². The van der Waals surface area contributed by atoms with Crippen LogP contribution >= 0.6 is 0 Å². The maximum atomic E-state index is 6.28. The molecule has 4 heteroatoms. The molecule has 0 bridgehead atoms. The van der Waals surface area contributed by atoms with E-state index in [0.717, 1.165) is 70.7 Å². The summed E-state index contributed by atoms with van der Waals surface area (Å²) in [6, 6.07) is 26.6. The quantitative estimate of drug-likeness (QED) is 0.345. The van der Waals surface area contributed by atoms with E-state index in [9.17, 15) is 0 Å². The molecule has 4 nitrogen and oxygen atoms in total. The average Bonchev–Trinajstić information content (AvgIpc) is 2.85. The van der Waals surface area contributed by atoms with E-state index in [1.165, 1.54) is 0 Å². The standard InChI is InChI=1S/C28H27NO3/c1-20-7-6-9-25(28(20)32-27-11-4-5-18-30-27)21-13-16-24(17-14-21)31-19-23-15-12-22-8-2-3-10-26(22)29-23/h2-3,6-10,12-17,27H,4-5,11,18-19H2,1H3. The first-order valence-corrected chi connectivity index (χ1v) is 11.2. The van der Waals surface area contributed by atoms with Crippen LogP contribution in [-0.2, 0) is 11.3 Å². The van der Waals surface area contributed by atoms with Crippen molar-refractivity contribution in [2.75, 3.05) is 6.61 Å². The number of aryl methyl sites for hydroxylation is 1. The van der Waals surface area contributed by atoms with E-state index in [2.05, 4.69) is 54.4 Å². The molecule has 2 heterocycles. The number of hydrogen-bond acceptors (Lipinski definition) is 4. The van der Waals surface area contributed by atoms with Gasteiger partial charge in [-0.2, -0.15) is 0 Å². The van der Waals surface area contributed by atoms with Crippen LogP contribution in [0.1, 0.15) is 30.5 Å². The molecule has 1 aliphatic heterocycles. The third-order valence-corrected chi connectivity index (χ3v) is 5.81. The Hall–Kier alpha value is -3.37. The van der Waals surface area contributed by atoms with Gasteiger partial charge in [0.2, 0.25) is 0 Å². The van der Waals surface area contributed by atoms with Crippen LogP contribution in [0.15, 0.2) is 78.9 Å². The summed E-state index contributed by atoms with van der Waals surface area (Å²) in [5.41, 5.74) is 5.17. The maximum absolute atomic E-state index is 6.28. The van der Waals surface area contributed by atoms with E-state index in [1.54, 1.807) is 0 Å². The van der Waals surface area contributed by atoms with Crippen molar-refractivity contribution in [3.8, 4) is 22.6 Å². The molecule has 3 aromatic carbocycles. The molecular weight excluding hydrogens is 398 g/mol. The number of rotatable bonds is 6. The fourth-order valence-corrected chi connectivity index (χ4v) is 4.05. The molecule has 4 aromatic rings. The molecule has 0 amide bonds. The third kappa shape index (κ3) is 4.61. The Kier molecular flexibility index (Phi) is 6.04. The molecular formula is C28H27NO3. The summed E-state index contributed by atoms with van der Waals surface area (Å²) < 4.78 is 18.1. The first kappa shape index (κ1) is 20.5. The lowest BCUT2D eigenvalue weighted by Gasteiger charge is -2.25. The van der Waals surface area contributed by atoms with Crippen molar-refractivity contribution < 1.29 is 14.2 Å². The van der Waals surface area contributed by atoms with Gasteiger partial charge in [-0.3, -0.25) is 0 Å². The molecule has 0 N–H and O–H groups in total. The van der Waals surface area contributed by atoms with Gasteiger partial charge >= 0.3 is 0 Å². The minimum atomic E-state index is -0.166. The zero-order valence-corrected chi connectivity index (χ0v) is 18.3. The van der Waals surface area contributed by atoms with E-state index >= 15 is 0 Å². The Morgan fingerprint density at radius 3 is 2.62 bits per heavy atom. The molecule has 162 valence electrons. The van der Waals surface area contributed by atoms with Crippen LogP contribution in [0.3, 0.4) is 0 Å². The molecule has 0 spiro atoms. The van der Waals surface area contributed by atoms with Gasteiger partial charge in [-0.15, -0.1) is 0 Å². The first-order valence-electron chi connectivity index (χ1n) is 11.2. The molecule has 1 unspecified atom stereocenters. The lowest BCUT2D eigenvalue weighted by atomic mass is 10.0. The van der Waals surface area contributed by atoms with Gasteiger partial charge in [0, 0.05) is 17.4 Å². The van der Waals surface area contributed by atoms with Crippen molar-refractivity contribution in [2.45, 2.75) is 39.1 Å². The molecule has 1 atom stereocenters. The van der Waals surface area contributed by atoms with Crippen LogP contribution in [0.4, 0.5) is 0 Å². The Balaban J connectivity index is 1.30. The number of hydrogen-bond donors (Lipinski definition) is 0. The normalized spacial score (nSPS) is 16.1. The summed E-state index contributed by atoms with van der Waals surface area (Å²) >= 11 is 0. The largest absolute Gasteiger partial charge is 0.487 e. The maximum Gasteiger partial charge on any atom is 0.199 e. The topological polar surface area (TPSA) is 40.6 Å². The monoisotopic (exact) mass is 425 g/mol. The smallest absolute Gasteiger partial charge is 0.199 e. The lowest BCUT2D eigenvalue weighted by Crippen LogP contribution is -2.25. The van der Waals surface area contributed by atoms with Crippen LogP contribution in [0, 0.1) is 6.92 Å². The van der Waals surface area contributed by atoms with E-state index in [0.29, 0.717) is 6.61 Å². The number of ether oxygens (including phenoxy) is 3. The van der Waals surface area contributed by atoms with Gasteiger partial charge in [-0.25, -0.2) is 4.98 Å². The highest BCUT2D eigenvalue weighted by Crippen LogP contribution is 2.35. The number of benzene rings is 3. The van der Waals surface area contributed by atoms with Crippen molar-refractivity contribution >= 4 is 10.9 Å². The van der Waals surface area contributed by atoms with E-state index < -0.39 is 0 Å². The summed E-state index contributed by atoms with van der Waals surface area (Å²) in [5, 5.41) is 1.13. The molecule has 1 aromatic heterocycles. The van der Waals surface area contributed by atoms with Gasteiger partial charge in [0.15, 0.2) is 6.29 Å². The molecule has 1 fully saturated rings. The number of fused-ring (bicyclic) bond motifs is 1. The molecule has 0 aliphatic carbocycles. The van der Waals surface area contributed by atoms with E-state index in [1.807, 2.05) is 36.4 Å². The van der Waals surface area contributed by atoms with E-state index in [-0.39, 0.29) is 6.29 Å². The third-order valence-electron chi connectivity index (χ3n) is 5.81. The van der Waals surface area contributed by atoms with Crippen LogP contribution < -0.4 is 9.47 Å². The number of aromatic nitrogens is 1. The summed E-state index contributed by atoms with van der Waals surface area (Å²) in [5.74, 6) is 1.71. The molecule has 1 saturated heterocycles. The zero-order valence-electron chi connectivity index (χ0n) is 18.3. The van der Waals surface area contributed by atoms with Crippen molar-refractivity contribution in [3.63, 3.8) is 0 Å². The minimum absolute atomic E-state index is 0.166. The second-order valence-electron chi connectivity index (χ2n) is 8.17. The molecule has 0 saturated carbocycles. The van der Waals surface area contributed by atoms with Gasteiger partial charge in [0.05, 0.1) is 17.8 Å². The van der Waals surface area contributed by atoms with Gasteiger partial charge in [0.25, 0.3) is 0 Å². The minimum Gasteiger partial charge on any atom is -0.487 e. The van der Waals surface area contributed by atoms with Crippen LogP contribution in [-0.4, -0.2) is 17.9 Å². The van der Waals surface area contributed by atoms with Crippen molar-refractivity contribution in [1.29, 1.82) is 0 Å². The highest BCUT2D eigenvalue weighted by molar-refractivity contribution is 5.78. The van der Waals surface area contributed by atoms with Crippen molar-refractivity contribution in [2.24, 2.45) is 0 Å². The predicted molar refractivity (Wildman–Crippen MR) is 127 cm³/mol. The number of nitrogens with zero attached hydrogens (tertiary/aromatic N) is 1. The number of para-hydroxylation sites is 2. The Labute approximate surface area is 188 Å². The first-order chi connectivity index (χ1) is 15.8. The Morgan fingerprint density at radius 1 is 0.906 bits per heavy atom. The molecule has 32 heavy (non-hydrogen) atoms. The highest BCUT2D eigenvalue weighted by atomic mass is 16.7. The summed E-state index contributed by atoms with van der Waals surface area (Å²) in [6.07, 6.45) is 3.02. The summed E-state index contributed by atoms with van der Waals surface area (Å²) in [4.78, 5) is 4.68. The highest BCUT2D eigenvalue weighted by Gasteiger charge is 2.19. The van der Waals surface area contributed by atoms with Gasteiger partial charge in [-0.05, 0) is 55.2 Å². The second-order valence-corrected chi connectivity index (χ2v) is 8.17. The summed E-state index contributed by atoms with van der Waals surface area (Å²) in [6.45, 7) is 3.28. The van der Waals surface area contributed by atoms with Gasteiger partial charge < -0.3 is 14.2 Å². The SMILES string of the molecule is Cc1cccc(-c2ccc(OCc3ccc4ccccc4n3)cc2)c1OC1CCCCO1. The van der Waals surface area contributed by atoms with Gasteiger partial charge in [-0.1, -0.05) is 54.6 Å². The molecule has 0 radical (unpaired) electrons. The van der Waals surface area contributed by atoms with Crippen LogP contribution in [0.2, 0.25) is 0 Å². The van der Waals surface area contributed by atoms with Crippen molar-refractivity contribution in [3.05, 3.63) is 90.1 Å². The summed E-state index contributed by atoms with van der Waals surface area (Å²) in [7, 11) is 0. The second kappa shape index (κ2) is 9.41. The van der Waals surface area contributed by atoms with Crippen molar-refractivity contribution in [1.82, 2.24) is 4.98 Å². The van der Waals surface area contributed by atoms with Crippen LogP contribution in [0.5, 0.6) is 11.5 Å².